The summed E-state index contributed by atoms with van der Waals surface area (Å²) < 4.78 is 39.1. The standard InChI is InChI=1S/C14H15F3N2/c15-12-6-11(7-13(16)14(12)17)9-19(5-1-4-18)8-10-2-3-10/h6-7,10H,1-3,5,8-9H2. The smallest absolute Gasteiger partial charge is 0.194 e. The predicted octanol–water partition coefficient (Wildman–Crippen LogP) is 3.23. The van der Waals surface area contributed by atoms with Gasteiger partial charge in [-0.3, -0.25) is 4.90 Å². The van der Waals surface area contributed by atoms with Crippen LogP contribution in [0.15, 0.2) is 12.1 Å². The minimum atomic E-state index is -1.44. The summed E-state index contributed by atoms with van der Waals surface area (Å²) in [5.74, 6) is -3.15. The molecule has 0 aliphatic heterocycles. The van der Waals surface area contributed by atoms with Crippen LogP contribution in [-0.4, -0.2) is 18.0 Å². The molecule has 0 spiro atoms. The zero-order valence-electron chi connectivity index (χ0n) is 10.5. The molecule has 102 valence electrons. The molecule has 2 rings (SSSR count). The first-order chi connectivity index (χ1) is 9.10. The largest absolute Gasteiger partial charge is 0.298 e. The van der Waals surface area contributed by atoms with Gasteiger partial charge in [0.15, 0.2) is 17.5 Å². The molecule has 0 unspecified atom stereocenters. The summed E-state index contributed by atoms with van der Waals surface area (Å²) in [6.45, 7) is 1.72. The molecule has 1 aliphatic rings. The Balaban J connectivity index is 2.04. The van der Waals surface area contributed by atoms with Gasteiger partial charge in [-0.05, 0) is 36.5 Å². The molecular weight excluding hydrogens is 253 g/mol. The lowest BCUT2D eigenvalue weighted by Gasteiger charge is -2.21. The maximum Gasteiger partial charge on any atom is 0.194 e. The Morgan fingerprint density at radius 3 is 2.37 bits per heavy atom. The van der Waals surface area contributed by atoms with Crippen LogP contribution in [0.3, 0.4) is 0 Å². The first-order valence-corrected chi connectivity index (χ1v) is 6.33. The molecule has 0 N–H and O–H groups in total. The number of hydrogen-bond acceptors (Lipinski definition) is 2. The number of nitrogens with zero attached hydrogens (tertiary/aromatic N) is 2. The Bertz CT molecular complexity index is 469. The third-order valence-electron chi connectivity index (χ3n) is 3.20. The van der Waals surface area contributed by atoms with Gasteiger partial charge in [0.25, 0.3) is 0 Å². The Kier molecular flexibility index (Phi) is 4.43. The summed E-state index contributed by atoms with van der Waals surface area (Å²) in [7, 11) is 0. The van der Waals surface area contributed by atoms with Crippen molar-refractivity contribution in [2.75, 3.05) is 13.1 Å². The molecule has 0 atom stereocenters. The topological polar surface area (TPSA) is 27.0 Å². The van der Waals surface area contributed by atoms with Gasteiger partial charge in [-0.1, -0.05) is 0 Å². The van der Waals surface area contributed by atoms with Crippen molar-refractivity contribution in [1.82, 2.24) is 4.90 Å². The fourth-order valence-corrected chi connectivity index (χ4v) is 2.07. The lowest BCUT2D eigenvalue weighted by Crippen LogP contribution is -2.26. The van der Waals surface area contributed by atoms with Crippen molar-refractivity contribution in [2.24, 2.45) is 5.92 Å². The average molecular weight is 268 g/mol. The van der Waals surface area contributed by atoms with Crippen LogP contribution in [-0.2, 0) is 6.54 Å². The van der Waals surface area contributed by atoms with E-state index in [4.69, 9.17) is 5.26 Å². The number of hydrogen-bond donors (Lipinski definition) is 0. The van der Waals surface area contributed by atoms with Gasteiger partial charge in [0.1, 0.15) is 0 Å². The zero-order chi connectivity index (χ0) is 13.8. The highest BCUT2D eigenvalue weighted by Crippen LogP contribution is 2.30. The first-order valence-electron chi connectivity index (χ1n) is 6.33. The maximum absolute atomic E-state index is 13.1. The highest BCUT2D eigenvalue weighted by molar-refractivity contribution is 5.19. The Hall–Kier alpha value is -1.54. The Labute approximate surface area is 110 Å². The van der Waals surface area contributed by atoms with Crippen LogP contribution < -0.4 is 0 Å². The summed E-state index contributed by atoms with van der Waals surface area (Å²) in [5, 5.41) is 8.61. The second kappa shape index (κ2) is 6.07. The molecule has 19 heavy (non-hydrogen) atoms. The predicted molar refractivity (Wildman–Crippen MR) is 64.5 cm³/mol. The highest BCUT2D eigenvalue weighted by Gasteiger charge is 2.24. The van der Waals surface area contributed by atoms with E-state index in [-0.39, 0.29) is 0 Å². The third kappa shape index (κ3) is 3.97. The van der Waals surface area contributed by atoms with Crippen LogP contribution >= 0.6 is 0 Å². The molecule has 1 aromatic carbocycles. The summed E-state index contributed by atoms with van der Waals surface area (Å²) in [6.07, 6.45) is 2.70. The first kappa shape index (κ1) is 13.9. The maximum atomic E-state index is 13.1. The van der Waals surface area contributed by atoms with Crippen molar-refractivity contribution in [3.8, 4) is 6.07 Å². The van der Waals surface area contributed by atoms with Crippen molar-refractivity contribution in [3.63, 3.8) is 0 Å². The normalized spacial score (nSPS) is 14.7. The van der Waals surface area contributed by atoms with E-state index in [2.05, 4.69) is 6.07 Å². The van der Waals surface area contributed by atoms with Gasteiger partial charge in [-0.25, -0.2) is 13.2 Å². The van der Waals surface area contributed by atoms with E-state index in [1.54, 1.807) is 0 Å². The van der Waals surface area contributed by atoms with Crippen LogP contribution in [0.4, 0.5) is 13.2 Å². The van der Waals surface area contributed by atoms with Crippen molar-refractivity contribution in [1.29, 1.82) is 5.26 Å². The third-order valence-corrected chi connectivity index (χ3v) is 3.20. The molecule has 0 heterocycles. The second-order valence-corrected chi connectivity index (χ2v) is 4.96. The van der Waals surface area contributed by atoms with Crippen LogP contribution in [0.2, 0.25) is 0 Å². The molecule has 1 saturated carbocycles. The van der Waals surface area contributed by atoms with Gasteiger partial charge < -0.3 is 0 Å². The molecule has 0 radical (unpaired) electrons. The van der Waals surface area contributed by atoms with Crippen molar-refractivity contribution >= 4 is 0 Å². The minimum absolute atomic E-state index is 0.340. The van der Waals surface area contributed by atoms with E-state index in [0.29, 0.717) is 31.0 Å². The SMILES string of the molecule is N#CCCN(Cc1cc(F)c(F)c(F)c1)CC1CC1. The molecule has 1 aliphatic carbocycles. The highest BCUT2D eigenvalue weighted by atomic mass is 19.2. The molecule has 0 aromatic heterocycles. The van der Waals surface area contributed by atoms with E-state index >= 15 is 0 Å². The van der Waals surface area contributed by atoms with Gasteiger partial charge in [0.2, 0.25) is 0 Å². The van der Waals surface area contributed by atoms with E-state index in [0.717, 1.165) is 31.5 Å². The summed E-state index contributed by atoms with van der Waals surface area (Å²) in [6, 6.07) is 4.10. The number of nitriles is 1. The zero-order valence-corrected chi connectivity index (χ0v) is 10.5. The molecule has 2 nitrogen and oxygen atoms in total. The van der Waals surface area contributed by atoms with Crippen molar-refractivity contribution in [3.05, 3.63) is 35.1 Å². The van der Waals surface area contributed by atoms with Crippen LogP contribution in [0.5, 0.6) is 0 Å². The quantitative estimate of drug-likeness (QED) is 0.741. The molecule has 0 saturated heterocycles. The minimum Gasteiger partial charge on any atom is -0.298 e. The van der Waals surface area contributed by atoms with Gasteiger partial charge in [0.05, 0.1) is 6.07 Å². The van der Waals surface area contributed by atoms with Gasteiger partial charge >= 0.3 is 0 Å². The Morgan fingerprint density at radius 1 is 1.21 bits per heavy atom. The lowest BCUT2D eigenvalue weighted by atomic mass is 10.1. The second-order valence-electron chi connectivity index (χ2n) is 4.96. The molecular formula is C14H15F3N2. The summed E-state index contributed by atoms with van der Waals surface area (Å²) in [5.41, 5.74) is 0.398. The Morgan fingerprint density at radius 2 is 1.84 bits per heavy atom. The van der Waals surface area contributed by atoms with E-state index < -0.39 is 17.5 Å². The molecule has 5 heteroatoms. The van der Waals surface area contributed by atoms with Crippen molar-refractivity contribution < 1.29 is 13.2 Å². The summed E-state index contributed by atoms with van der Waals surface area (Å²) >= 11 is 0. The molecule has 0 bridgehead atoms. The van der Waals surface area contributed by atoms with Crippen molar-refractivity contribution in [2.45, 2.75) is 25.8 Å². The lowest BCUT2D eigenvalue weighted by molar-refractivity contribution is 0.259. The molecule has 1 aromatic rings. The van der Waals surface area contributed by atoms with E-state index in [1.807, 2.05) is 4.90 Å². The monoisotopic (exact) mass is 268 g/mol. The van der Waals surface area contributed by atoms with Gasteiger partial charge in [-0.2, -0.15) is 5.26 Å². The summed E-state index contributed by atoms with van der Waals surface area (Å²) in [4.78, 5) is 1.99. The fourth-order valence-electron chi connectivity index (χ4n) is 2.07. The number of rotatable bonds is 6. The number of benzene rings is 1. The van der Waals surface area contributed by atoms with Gasteiger partial charge in [0, 0.05) is 26.1 Å². The number of halogens is 3. The van der Waals surface area contributed by atoms with Crippen LogP contribution in [0, 0.1) is 34.7 Å². The molecule has 0 amide bonds. The van der Waals surface area contributed by atoms with Gasteiger partial charge in [-0.15, -0.1) is 0 Å². The average Bonchev–Trinajstić information content (AvgIpc) is 3.17. The van der Waals surface area contributed by atoms with Crippen LogP contribution in [0.25, 0.3) is 0 Å². The molecule has 1 fully saturated rings. The van der Waals surface area contributed by atoms with Crippen LogP contribution in [0.1, 0.15) is 24.8 Å². The van der Waals surface area contributed by atoms with E-state index in [1.165, 1.54) is 0 Å². The van der Waals surface area contributed by atoms with E-state index in [9.17, 15) is 13.2 Å². The fraction of sp³-hybridized carbons (Fsp3) is 0.500.